The van der Waals surface area contributed by atoms with Crippen molar-refractivity contribution in [2.24, 2.45) is 5.41 Å². The van der Waals surface area contributed by atoms with E-state index < -0.39 is 27.3 Å². The molecule has 2 aromatic rings. The molecule has 3 fully saturated rings. The maximum absolute atomic E-state index is 14.1. The molecule has 1 N–H and O–H groups in total. The van der Waals surface area contributed by atoms with Gasteiger partial charge >= 0.3 is 0 Å². The Morgan fingerprint density at radius 1 is 0.933 bits per heavy atom. The third kappa shape index (κ3) is 7.72. The largest absolute Gasteiger partial charge is 0.494 e. The number of piperazine rings is 1. The van der Waals surface area contributed by atoms with Crippen LogP contribution in [0, 0.1) is 5.41 Å². The predicted octanol–water partition coefficient (Wildman–Crippen LogP) is 6.09. The van der Waals surface area contributed by atoms with Crippen LogP contribution in [0.3, 0.4) is 0 Å². The van der Waals surface area contributed by atoms with E-state index in [2.05, 4.69) is 18.7 Å². The van der Waals surface area contributed by atoms with Crippen LogP contribution < -0.4 is 9.64 Å². The molecule has 4 aliphatic rings. The summed E-state index contributed by atoms with van der Waals surface area (Å²) in [7, 11) is 0.325. The van der Waals surface area contributed by atoms with Gasteiger partial charge in [-0.3, -0.25) is 4.90 Å². The van der Waals surface area contributed by atoms with E-state index in [1.165, 1.54) is 63.1 Å². The first-order valence-corrected chi connectivity index (χ1v) is 19.3. The molecule has 0 radical (unpaired) electrons. The highest BCUT2D eigenvalue weighted by Crippen LogP contribution is 2.50. The van der Waals surface area contributed by atoms with Gasteiger partial charge in [-0.15, -0.1) is 0 Å². The monoisotopic (exact) mass is 640 g/mol. The summed E-state index contributed by atoms with van der Waals surface area (Å²) in [5.41, 5.74) is 1.88. The standard InChI is InChI=1S/C37H58N3O4S/c1-5-7-18-37(19-8-6-2)29-45(42,43)34-17-14-31(38(3)4)28-33(34)35(36(37)41)30-12-15-32(16-13-30)44-27-10-9-23-40-24-11-20-39(21-25-40)22-26-40/h12-17,28,35-36,41H,5-11,18-27,29H2,1-4H3/q+1/t35-,36-/m1/s1. The Hall–Kier alpha value is -2.13. The minimum absolute atomic E-state index is 0.00850. The number of aliphatic hydroxyl groups is 1. The van der Waals surface area contributed by atoms with Crippen molar-refractivity contribution in [1.29, 1.82) is 0 Å². The molecule has 7 nitrogen and oxygen atoms in total. The number of ether oxygens (including phenoxy) is 1. The normalized spacial score (nSPS) is 26.9. The first kappa shape index (κ1) is 34.2. The van der Waals surface area contributed by atoms with Gasteiger partial charge in [0.25, 0.3) is 0 Å². The summed E-state index contributed by atoms with van der Waals surface area (Å²) in [5, 5.41) is 12.4. The van der Waals surface area contributed by atoms with Gasteiger partial charge < -0.3 is 19.2 Å². The molecule has 2 atom stereocenters. The number of benzene rings is 2. The Labute approximate surface area is 273 Å². The average molecular weight is 641 g/mol. The van der Waals surface area contributed by atoms with Gasteiger partial charge in [-0.05, 0) is 67.1 Å². The minimum atomic E-state index is -3.61. The molecule has 0 amide bonds. The number of nitrogens with zero attached hydrogens (tertiary/aromatic N) is 3. The fourth-order valence-corrected chi connectivity index (χ4v) is 10.4. The Kier molecular flexibility index (Phi) is 11.2. The summed E-state index contributed by atoms with van der Waals surface area (Å²) in [4.78, 5) is 4.99. The Morgan fingerprint density at radius 3 is 2.27 bits per heavy atom. The van der Waals surface area contributed by atoms with Gasteiger partial charge in [0.15, 0.2) is 9.84 Å². The van der Waals surface area contributed by atoms with Crippen LogP contribution in [0.1, 0.15) is 88.7 Å². The highest BCUT2D eigenvalue weighted by Gasteiger charge is 2.49. The van der Waals surface area contributed by atoms with E-state index in [0.29, 0.717) is 29.9 Å². The summed E-state index contributed by atoms with van der Waals surface area (Å²) in [5.74, 6) is 0.379. The number of rotatable bonds is 14. The van der Waals surface area contributed by atoms with Gasteiger partial charge in [-0.1, -0.05) is 51.7 Å². The molecule has 2 aromatic carbocycles. The molecule has 2 bridgehead atoms. The lowest BCUT2D eigenvalue weighted by molar-refractivity contribution is -0.929. The molecule has 0 saturated carbocycles. The quantitative estimate of drug-likeness (QED) is 0.199. The highest BCUT2D eigenvalue weighted by atomic mass is 32.2. The van der Waals surface area contributed by atoms with E-state index in [9.17, 15) is 13.5 Å². The number of quaternary nitrogens is 1. The van der Waals surface area contributed by atoms with Gasteiger partial charge in [-0.2, -0.15) is 0 Å². The number of aliphatic hydroxyl groups excluding tert-OH is 1. The molecule has 6 rings (SSSR count). The van der Waals surface area contributed by atoms with Crippen molar-refractivity contribution in [2.45, 2.75) is 88.6 Å². The fraction of sp³-hybridized carbons (Fsp3) is 0.676. The molecule has 0 unspecified atom stereocenters. The number of unbranched alkanes of at least 4 members (excludes halogenated alkanes) is 3. The lowest BCUT2D eigenvalue weighted by atomic mass is 9.68. The Morgan fingerprint density at radius 2 is 1.62 bits per heavy atom. The van der Waals surface area contributed by atoms with Crippen LogP contribution in [0.5, 0.6) is 5.75 Å². The second kappa shape index (κ2) is 14.7. The number of fused-ring (bicyclic) bond motifs is 5. The molecule has 4 heterocycles. The van der Waals surface area contributed by atoms with Crippen LogP contribution in [-0.4, -0.2) is 101 Å². The van der Waals surface area contributed by atoms with Crippen molar-refractivity contribution < 1.29 is 22.7 Å². The maximum atomic E-state index is 14.1. The van der Waals surface area contributed by atoms with Crippen molar-refractivity contribution in [1.82, 2.24) is 4.90 Å². The molecule has 250 valence electrons. The van der Waals surface area contributed by atoms with E-state index in [-0.39, 0.29) is 5.75 Å². The SMILES string of the molecule is CCCCC1(CCCC)CS(=O)(=O)c2ccc(N(C)C)cc2[C@@H](c2ccc(OCCCC[N+]34CCCN(CC3)CC4)cc2)[C@H]1O. The van der Waals surface area contributed by atoms with Crippen LogP contribution in [0.15, 0.2) is 47.4 Å². The Balaban J connectivity index is 1.36. The van der Waals surface area contributed by atoms with Gasteiger partial charge in [0.2, 0.25) is 0 Å². The van der Waals surface area contributed by atoms with Crippen LogP contribution in [-0.2, 0) is 9.84 Å². The van der Waals surface area contributed by atoms with E-state index in [1.807, 2.05) is 55.4 Å². The summed E-state index contributed by atoms with van der Waals surface area (Å²) in [6.45, 7) is 13.9. The second-order valence-corrected chi connectivity index (χ2v) is 16.4. The first-order chi connectivity index (χ1) is 21.6. The zero-order valence-electron chi connectivity index (χ0n) is 28.3. The number of hydrogen-bond acceptors (Lipinski definition) is 6. The summed E-state index contributed by atoms with van der Waals surface area (Å²) in [6.07, 6.45) is 7.87. The molecule has 4 aliphatic heterocycles. The fourth-order valence-electron chi connectivity index (χ4n) is 8.24. The van der Waals surface area contributed by atoms with Crippen LogP contribution in [0.2, 0.25) is 0 Å². The zero-order valence-corrected chi connectivity index (χ0v) is 29.2. The van der Waals surface area contributed by atoms with Crippen molar-refractivity contribution in [3.63, 3.8) is 0 Å². The zero-order chi connectivity index (χ0) is 32.1. The van der Waals surface area contributed by atoms with Crippen LogP contribution >= 0.6 is 0 Å². The predicted molar refractivity (Wildman–Crippen MR) is 184 cm³/mol. The van der Waals surface area contributed by atoms with E-state index in [0.717, 1.165) is 49.1 Å². The molecule has 45 heavy (non-hydrogen) atoms. The lowest BCUT2D eigenvalue weighted by Crippen LogP contribution is -2.57. The Bertz CT molecular complexity index is 1340. The molecular formula is C37H58N3O4S+. The average Bonchev–Trinajstić information content (AvgIpc) is 3.39. The van der Waals surface area contributed by atoms with Gasteiger partial charge in [0, 0.05) is 57.2 Å². The van der Waals surface area contributed by atoms with Crippen molar-refractivity contribution in [2.75, 3.05) is 77.2 Å². The summed E-state index contributed by atoms with van der Waals surface area (Å²) in [6, 6.07) is 13.7. The van der Waals surface area contributed by atoms with Gasteiger partial charge in [-0.25, -0.2) is 8.42 Å². The van der Waals surface area contributed by atoms with Crippen molar-refractivity contribution >= 4 is 15.5 Å². The second-order valence-electron chi connectivity index (χ2n) is 14.4. The van der Waals surface area contributed by atoms with Crippen molar-refractivity contribution in [3.05, 3.63) is 53.6 Å². The topological polar surface area (TPSA) is 70.1 Å². The number of anilines is 1. The van der Waals surface area contributed by atoms with Crippen LogP contribution in [0.4, 0.5) is 5.69 Å². The minimum Gasteiger partial charge on any atom is -0.494 e. The molecule has 0 spiro atoms. The first-order valence-electron chi connectivity index (χ1n) is 17.6. The summed E-state index contributed by atoms with van der Waals surface area (Å²) >= 11 is 0. The number of hydrogen-bond donors (Lipinski definition) is 1. The molecular weight excluding hydrogens is 582 g/mol. The maximum Gasteiger partial charge on any atom is 0.179 e. The van der Waals surface area contributed by atoms with Crippen LogP contribution in [0.25, 0.3) is 0 Å². The van der Waals surface area contributed by atoms with Gasteiger partial charge in [0.05, 0.1) is 49.5 Å². The smallest absolute Gasteiger partial charge is 0.179 e. The van der Waals surface area contributed by atoms with E-state index in [1.54, 1.807) is 6.07 Å². The molecule has 0 aromatic heterocycles. The van der Waals surface area contributed by atoms with Crippen molar-refractivity contribution in [3.8, 4) is 5.75 Å². The number of sulfone groups is 1. The summed E-state index contributed by atoms with van der Waals surface area (Å²) < 4.78 is 35.7. The molecule has 0 aliphatic carbocycles. The van der Waals surface area contributed by atoms with E-state index >= 15 is 0 Å². The third-order valence-electron chi connectivity index (χ3n) is 11.1. The molecule has 3 saturated heterocycles. The van der Waals surface area contributed by atoms with E-state index in [4.69, 9.17) is 4.74 Å². The lowest BCUT2D eigenvalue weighted by Gasteiger charge is -2.41. The van der Waals surface area contributed by atoms with Gasteiger partial charge in [0.1, 0.15) is 5.75 Å². The highest BCUT2D eigenvalue weighted by molar-refractivity contribution is 7.91. The third-order valence-corrected chi connectivity index (χ3v) is 13.1. The molecule has 8 heteroatoms.